The van der Waals surface area contributed by atoms with Gasteiger partial charge in [-0.3, -0.25) is 4.79 Å². The molecule has 144 valence electrons. The van der Waals surface area contributed by atoms with Crippen LogP contribution in [0.25, 0.3) is 11.0 Å². The van der Waals surface area contributed by atoms with E-state index in [1.54, 1.807) is 12.1 Å². The first-order valence-corrected chi connectivity index (χ1v) is 7.83. The number of methoxy groups -OCH3 is 1. The van der Waals surface area contributed by atoms with Gasteiger partial charge in [-0.1, -0.05) is 6.07 Å². The van der Waals surface area contributed by atoms with Crippen molar-refractivity contribution in [2.75, 3.05) is 13.7 Å². The molecule has 2 aromatic carbocycles. The quantitative estimate of drug-likeness (QED) is 0.636. The third kappa shape index (κ3) is 3.86. The summed E-state index contributed by atoms with van der Waals surface area (Å²) >= 11 is 0. The average molecular weight is 391 g/mol. The van der Waals surface area contributed by atoms with E-state index in [9.17, 15) is 18.0 Å². The first-order chi connectivity index (χ1) is 13.3. The van der Waals surface area contributed by atoms with Crippen LogP contribution in [0.1, 0.15) is 5.76 Å². The van der Waals surface area contributed by atoms with Gasteiger partial charge in [0.25, 0.3) is 5.76 Å². The number of hydrogen-bond donors (Lipinski definition) is 0. The molecule has 0 saturated carbocycles. The van der Waals surface area contributed by atoms with E-state index in [4.69, 9.17) is 23.9 Å². The number of hydrogen-bond acceptors (Lipinski definition) is 6. The van der Waals surface area contributed by atoms with Gasteiger partial charge >= 0.3 is 6.18 Å². The largest absolute Gasteiger partial charge is 0.497 e. The molecule has 9 heteroatoms. The van der Waals surface area contributed by atoms with Crippen molar-refractivity contribution in [3.8, 4) is 29.1 Å². The van der Waals surface area contributed by atoms with E-state index in [2.05, 4.69) is 0 Å². The van der Waals surface area contributed by atoms with Gasteiger partial charge in [0.1, 0.15) is 28.9 Å². The van der Waals surface area contributed by atoms with Crippen LogP contribution in [-0.4, -0.2) is 13.7 Å². The molecule has 1 aromatic heterocycles. The number of benzene rings is 2. The Labute approximate surface area is 156 Å². The lowest BCUT2D eigenvalue weighted by Gasteiger charge is -2.14. The van der Waals surface area contributed by atoms with E-state index in [0.29, 0.717) is 5.75 Å². The third-order valence-corrected chi connectivity index (χ3v) is 3.64. The molecule has 0 aliphatic rings. The molecule has 0 aliphatic heterocycles. The van der Waals surface area contributed by atoms with Crippen molar-refractivity contribution in [1.82, 2.24) is 0 Å². The molecule has 28 heavy (non-hydrogen) atoms. The van der Waals surface area contributed by atoms with Crippen molar-refractivity contribution >= 4 is 11.0 Å². The summed E-state index contributed by atoms with van der Waals surface area (Å²) in [6.07, 6.45) is -4.98. The first-order valence-electron chi connectivity index (χ1n) is 7.83. The van der Waals surface area contributed by atoms with Gasteiger partial charge in [-0.25, -0.2) is 0 Å². The summed E-state index contributed by atoms with van der Waals surface area (Å²) in [6, 6.07) is 11.2. The molecule has 3 aromatic rings. The Hall–Kier alpha value is -3.67. The van der Waals surface area contributed by atoms with E-state index in [0.717, 1.165) is 6.07 Å². The molecule has 0 amide bonds. The predicted molar refractivity (Wildman–Crippen MR) is 91.7 cm³/mol. The number of alkyl halides is 3. The lowest BCUT2D eigenvalue weighted by molar-refractivity contribution is -0.154. The highest BCUT2D eigenvalue weighted by Gasteiger charge is 2.40. The summed E-state index contributed by atoms with van der Waals surface area (Å²) in [4.78, 5) is 12.7. The molecule has 0 fully saturated rings. The summed E-state index contributed by atoms with van der Waals surface area (Å²) in [5.41, 5.74) is -1.34. The Morgan fingerprint density at radius 3 is 2.54 bits per heavy atom. The highest BCUT2D eigenvalue weighted by molar-refractivity contribution is 5.79. The number of nitrogens with zero attached hydrogens (tertiary/aromatic N) is 1. The lowest BCUT2D eigenvalue weighted by atomic mass is 10.2. The van der Waals surface area contributed by atoms with Crippen LogP contribution in [-0.2, 0) is 6.18 Å². The fraction of sp³-hybridized carbons (Fsp3) is 0.158. The SMILES string of the molecule is COc1cccc(Oc2c(C(F)(F)F)oc3cc(OCC#N)ccc3c2=O)c1. The minimum Gasteiger partial charge on any atom is -0.497 e. The Morgan fingerprint density at radius 2 is 1.86 bits per heavy atom. The predicted octanol–water partition coefficient (Wildman–Crippen LogP) is 4.52. The molecule has 3 rings (SSSR count). The van der Waals surface area contributed by atoms with Crippen molar-refractivity contribution < 1.29 is 31.8 Å². The number of rotatable bonds is 5. The van der Waals surface area contributed by atoms with E-state index in [1.165, 1.54) is 37.4 Å². The number of ether oxygens (including phenoxy) is 3. The highest BCUT2D eigenvalue weighted by Crippen LogP contribution is 2.39. The summed E-state index contributed by atoms with van der Waals surface area (Å²) in [6.45, 7) is -0.307. The number of nitriles is 1. The maximum absolute atomic E-state index is 13.5. The molecule has 0 radical (unpaired) electrons. The summed E-state index contributed by atoms with van der Waals surface area (Å²) in [5.74, 6) is -2.16. The van der Waals surface area contributed by atoms with Gasteiger partial charge in [0.05, 0.1) is 12.5 Å². The topological polar surface area (TPSA) is 81.7 Å². The fourth-order valence-electron chi connectivity index (χ4n) is 2.42. The van der Waals surface area contributed by atoms with Crippen molar-refractivity contribution in [2.45, 2.75) is 6.18 Å². The van der Waals surface area contributed by atoms with Crippen LogP contribution in [0.4, 0.5) is 13.2 Å². The van der Waals surface area contributed by atoms with Gasteiger partial charge in [0.15, 0.2) is 6.61 Å². The van der Waals surface area contributed by atoms with Crippen LogP contribution in [0.5, 0.6) is 23.0 Å². The van der Waals surface area contributed by atoms with Gasteiger partial charge in [0.2, 0.25) is 11.2 Å². The molecule has 6 nitrogen and oxygen atoms in total. The second kappa shape index (κ2) is 7.52. The molecular weight excluding hydrogens is 379 g/mol. The van der Waals surface area contributed by atoms with Crippen molar-refractivity contribution in [1.29, 1.82) is 5.26 Å². The fourth-order valence-corrected chi connectivity index (χ4v) is 2.42. The van der Waals surface area contributed by atoms with Crippen LogP contribution in [0.15, 0.2) is 51.7 Å². The van der Waals surface area contributed by atoms with Crippen LogP contribution >= 0.6 is 0 Å². The van der Waals surface area contributed by atoms with Crippen molar-refractivity contribution in [2.24, 2.45) is 0 Å². The summed E-state index contributed by atoms with van der Waals surface area (Å²) in [7, 11) is 1.39. The van der Waals surface area contributed by atoms with Gasteiger partial charge in [-0.05, 0) is 24.3 Å². The molecular formula is C19H12F3NO5. The lowest BCUT2D eigenvalue weighted by Crippen LogP contribution is -2.15. The Kier molecular flexibility index (Phi) is 5.13. The second-order valence-electron chi connectivity index (χ2n) is 5.47. The van der Waals surface area contributed by atoms with Gasteiger partial charge in [-0.15, -0.1) is 0 Å². The van der Waals surface area contributed by atoms with Gasteiger partial charge < -0.3 is 18.6 Å². The monoisotopic (exact) mass is 391 g/mol. The summed E-state index contributed by atoms with van der Waals surface area (Å²) < 4.78 is 60.7. The molecule has 0 atom stereocenters. The minimum absolute atomic E-state index is 0.0227. The maximum atomic E-state index is 13.5. The molecule has 0 N–H and O–H groups in total. The average Bonchev–Trinajstić information content (AvgIpc) is 2.67. The van der Waals surface area contributed by atoms with Crippen LogP contribution < -0.4 is 19.6 Å². The normalized spacial score (nSPS) is 11.1. The zero-order valence-corrected chi connectivity index (χ0v) is 14.4. The third-order valence-electron chi connectivity index (χ3n) is 3.64. The molecule has 0 aliphatic carbocycles. The maximum Gasteiger partial charge on any atom is 0.453 e. The number of halogens is 3. The molecule has 0 bridgehead atoms. The van der Waals surface area contributed by atoms with E-state index in [-0.39, 0.29) is 29.1 Å². The zero-order chi connectivity index (χ0) is 20.3. The van der Waals surface area contributed by atoms with E-state index < -0.39 is 23.1 Å². The highest BCUT2D eigenvalue weighted by atomic mass is 19.4. The van der Waals surface area contributed by atoms with Crippen LogP contribution in [0.2, 0.25) is 0 Å². The number of fused-ring (bicyclic) bond motifs is 1. The van der Waals surface area contributed by atoms with Gasteiger partial charge in [0, 0.05) is 12.1 Å². The van der Waals surface area contributed by atoms with Crippen molar-refractivity contribution in [3.05, 3.63) is 58.4 Å². The van der Waals surface area contributed by atoms with Crippen LogP contribution in [0, 0.1) is 11.3 Å². The van der Waals surface area contributed by atoms with Crippen LogP contribution in [0.3, 0.4) is 0 Å². The van der Waals surface area contributed by atoms with E-state index >= 15 is 0 Å². The molecule has 0 unspecified atom stereocenters. The Bertz CT molecular complexity index is 1120. The second-order valence-corrected chi connectivity index (χ2v) is 5.47. The standard InChI is InChI=1S/C19H12F3NO5/c1-25-11-3-2-4-13(9-11)27-17-16(24)14-6-5-12(26-8-7-23)10-15(14)28-18(17)19(20,21)22/h2-6,9-10H,8H2,1H3. The van der Waals surface area contributed by atoms with Gasteiger partial charge in [-0.2, -0.15) is 18.4 Å². The Balaban J connectivity index is 2.16. The first kappa shape index (κ1) is 19.1. The van der Waals surface area contributed by atoms with E-state index in [1.807, 2.05) is 0 Å². The zero-order valence-electron chi connectivity index (χ0n) is 14.4. The van der Waals surface area contributed by atoms with Crippen molar-refractivity contribution in [3.63, 3.8) is 0 Å². The molecule has 0 saturated heterocycles. The molecule has 1 heterocycles. The minimum atomic E-state index is -4.98. The summed E-state index contributed by atoms with van der Waals surface area (Å²) in [5, 5.41) is 8.40. The Morgan fingerprint density at radius 1 is 1.11 bits per heavy atom. The molecule has 0 spiro atoms. The smallest absolute Gasteiger partial charge is 0.453 e.